The fourth-order valence-electron chi connectivity index (χ4n) is 3.09. The molecule has 1 aliphatic carbocycles. The molecule has 5 amide bonds. The number of hydrogen-bond acceptors (Lipinski definition) is 4. The van der Waals surface area contributed by atoms with Gasteiger partial charge in [0, 0.05) is 18.5 Å². The highest BCUT2D eigenvalue weighted by molar-refractivity contribution is 6.03. The van der Waals surface area contributed by atoms with E-state index < -0.39 is 11.9 Å². The summed E-state index contributed by atoms with van der Waals surface area (Å²) in [5, 5.41) is 8.05. The summed E-state index contributed by atoms with van der Waals surface area (Å²) in [4.78, 5) is 47.8. The van der Waals surface area contributed by atoms with E-state index in [1.165, 1.54) is 4.90 Å². The number of imide groups is 1. The van der Waals surface area contributed by atoms with Gasteiger partial charge in [-0.1, -0.05) is 11.6 Å². The van der Waals surface area contributed by atoms with E-state index in [1.807, 2.05) is 19.9 Å². The van der Waals surface area contributed by atoms with Crippen LogP contribution in [-0.4, -0.2) is 53.8 Å². The fourth-order valence-corrected chi connectivity index (χ4v) is 3.09. The fraction of sp³-hybridized carbons (Fsp3) is 0.647. The Bertz CT molecular complexity index is 583. The molecule has 2 aliphatic rings. The Morgan fingerprint density at radius 3 is 2.36 bits per heavy atom. The van der Waals surface area contributed by atoms with Gasteiger partial charge in [-0.2, -0.15) is 0 Å². The van der Waals surface area contributed by atoms with Crippen molar-refractivity contribution in [3.05, 3.63) is 11.6 Å². The predicted molar refractivity (Wildman–Crippen MR) is 91.5 cm³/mol. The zero-order valence-corrected chi connectivity index (χ0v) is 14.8. The maximum Gasteiger partial charge on any atom is 0.325 e. The molecule has 1 heterocycles. The molecule has 0 aromatic rings. The number of allylic oxidation sites excluding steroid dienone is 1. The van der Waals surface area contributed by atoms with Crippen LogP contribution < -0.4 is 16.0 Å². The number of amides is 5. The summed E-state index contributed by atoms with van der Waals surface area (Å²) >= 11 is 0. The first-order valence-corrected chi connectivity index (χ1v) is 8.64. The molecule has 1 aliphatic heterocycles. The highest BCUT2D eigenvalue weighted by Gasteiger charge is 2.30. The van der Waals surface area contributed by atoms with Crippen LogP contribution in [0.4, 0.5) is 4.79 Å². The average molecular weight is 350 g/mol. The molecule has 2 atom stereocenters. The van der Waals surface area contributed by atoms with Gasteiger partial charge >= 0.3 is 6.03 Å². The lowest BCUT2D eigenvalue weighted by molar-refractivity contribution is -0.122. The SMILES string of the molecule is CC(C)=CCC(=O)N[C@@H]1CCC[C@@H](NC(=O)CN2CC(=O)NC2=O)C1. The number of hydrogen-bond donors (Lipinski definition) is 3. The molecule has 3 N–H and O–H groups in total. The molecule has 2 rings (SSSR count). The van der Waals surface area contributed by atoms with Crippen molar-refractivity contribution in [1.29, 1.82) is 0 Å². The van der Waals surface area contributed by atoms with E-state index in [2.05, 4.69) is 16.0 Å². The minimum atomic E-state index is -0.534. The summed E-state index contributed by atoms with van der Waals surface area (Å²) in [5.74, 6) is -0.689. The third-order valence-electron chi connectivity index (χ3n) is 4.30. The maximum atomic E-state index is 12.1. The molecule has 0 bridgehead atoms. The first kappa shape index (κ1) is 19.0. The van der Waals surface area contributed by atoms with Gasteiger partial charge in [0.25, 0.3) is 0 Å². The summed E-state index contributed by atoms with van der Waals surface area (Å²) in [6, 6.07) is -0.515. The van der Waals surface area contributed by atoms with Crippen LogP contribution in [-0.2, 0) is 14.4 Å². The van der Waals surface area contributed by atoms with Crippen LogP contribution in [0, 0.1) is 0 Å². The van der Waals surface area contributed by atoms with E-state index in [9.17, 15) is 19.2 Å². The van der Waals surface area contributed by atoms with Crippen molar-refractivity contribution < 1.29 is 19.2 Å². The Morgan fingerprint density at radius 1 is 1.16 bits per heavy atom. The second kappa shape index (κ2) is 8.64. The monoisotopic (exact) mass is 350 g/mol. The highest BCUT2D eigenvalue weighted by atomic mass is 16.2. The van der Waals surface area contributed by atoms with Gasteiger partial charge in [-0.15, -0.1) is 0 Å². The average Bonchev–Trinajstić information content (AvgIpc) is 2.83. The first-order chi connectivity index (χ1) is 11.8. The summed E-state index contributed by atoms with van der Waals surface area (Å²) in [7, 11) is 0. The standard InChI is InChI=1S/C17H26N4O4/c1-11(2)6-7-14(22)18-12-4-3-5-13(8-12)19-15(23)9-21-10-16(24)20-17(21)25/h6,12-13H,3-5,7-10H2,1-2H3,(H,18,22)(H,19,23)(H,20,24,25)/t12-,13-/m1/s1. The van der Waals surface area contributed by atoms with Crippen molar-refractivity contribution in [2.24, 2.45) is 0 Å². The third kappa shape index (κ3) is 6.21. The predicted octanol–water partition coefficient (Wildman–Crippen LogP) is 0.438. The van der Waals surface area contributed by atoms with Gasteiger partial charge in [0.2, 0.25) is 17.7 Å². The minimum Gasteiger partial charge on any atom is -0.353 e. The molecular formula is C17H26N4O4. The van der Waals surface area contributed by atoms with E-state index in [-0.39, 0.29) is 37.0 Å². The molecule has 25 heavy (non-hydrogen) atoms. The Balaban J connectivity index is 1.76. The summed E-state index contributed by atoms with van der Waals surface area (Å²) in [5.41, 5.74) is 1.10. The lowest BCUT2D eigenvalue weighted by atomic mass is 9.90. The lowest BCUT2D eigenvalue weighted by Crippen LogP contribution is -2.48. The Labute approximate surface area is 147 Å². The molecule has 1 saturated heterocycles. The van der Waals surface area contributed by atoms with Gasteiger partial charge in [-0.3, -0.25) is 19.7 Å². The van der Waals surface area contributed by atoms with Crippen LogP contribution in [0.15, 0.2) is 11.6 Å². The van der Waals surface area contributed by atoms with E-state index in [4.69, 9.17) is 0 Å². The van der Waals surface area contributed by atoms with E-state index >= 15 is 0 Å². The number of nitrogens with zero attached hydrogens (tertiary/aromatic N) is 1. The number of carbonyl (C=O) groups is 4. The van der Waals surface area contributed by atoms with Crippen molar-refractivity contribution >= 4 is 23.8 Å². The van der Waals surface area contributed by atoms with Crippen LogP contribution in [0.3, 0.4) is 0 Å². The van der Waals surface area contributed by atoms with Crippen LogP contribution in [0.2, 0.25) is 0 Å². The highest BCUT2D eigenvalue weighted by Crippen LogP contribution is 2.19. The van der Waals surface area contributed by atoms with E-state index in [0.717, 1.165) is 24.8 Å². The Hall–Kier alpha value is -2.38. The second-order valence-electron chi connectivity index (χ2n) is 6.89. The molecule has 0 unspecified atom stereocenters. The lowest BCUT2D eigenvalue weighted by Gasteiger charge is -2.30. The summed E-state index contributed by atoms with van der Waals surface area (Å²) < 4.78 is 0. The minimum absolute atomic E-state index is 0.00886. The van der Waals surface area contributed by atoms with Gasteiger partial charge in [0.1, 0.15) is 13.1 Å². The molecule has 138 valence electrons. The van der Waals surface area contributed by atoms with E-state index in [1.54, 1.807) is 0 Å². The third-order valence-corrected chi connectivity index (χ3v) is 4.30. The molecule has 2 fully saturated rings. The number of urea groups is 1. The first-order valence-electron chi connectivity index (χ1n) is 8.64. The Kier molecular flexibility index (Phi) is 6.55. The van der Waals surface area contributed by atoms with Crippen LogP contribution in [0.1, 0.15) is 46.0 Å². The molecule has 1 saturated carbocycles. The molecule has 0 aromatic carbocycles. The smallest absolute Gasteiger partial charge is 0.325 e. The van der Waals surface area contributed by atoms with Crippen LogP contribution in [0.5, 0.6) is 0 Å². The zero-order chi connectivity index (χ0) is 18.4. The number of nitrogens with one attached hydrogen (secondary N) is 3. The van der Waals surface area contributed by atoms with Crippen molar-refractivity contribution in [3.63, 3.8) is 0 Å². The molecule has 0 radical (unpaired) electrons. The normalized spacial score (nSPS) is 23.0. The zero-order valence-electron chi connectivity index (χ0n) is 14.8. The molecular weight excluding hydrogens is 324 g/mol. The number of rotatable bonds is 6. The molecule has 8 heteroatoms. The molecule has 8 nitrogen and oxygen atoms in total. The summed E-state index contributed by atoms with van der Waals surface area (Å²) in [6.45, 7) is 3.69. The van der Waals surface area contributed by atoms with Gasteiger partial charge < -0.3 is 15.5 Å². The largest absolute Gasteiger partial charge is 0.353 e. The van der Waals surface area contributed by atoms with Gasteiger partial charge in [0.05, 0.1) is 0 Å². The maximum absolute atomic E-state index is 12.1. The van der Waals surface area contributed by atoms with Crippen molar-refractivity contribution in [1.82, 2.24) is 20.9 Å². The quantitative estimate of drug-likeness (QED) is 0.477. The molecule has 0 spiro atoms. The molecule has 0 aromatic heterocycles. The number of carbonyl (C=O) groups excluding carboxylic acids is 4. The van der Waals surface area contributed by atoms with Crippen LogP contribution in [0.25, 0.3) is 0 Å². The Morgan fingerprint density at radius 2 is 1.80 bits per heavy atom. The van der Waals surface area contributed by atoms with E-state index in [0.29, 0.717) is 12.8 Å². The van der Waals surface area contributed by atoms with Crippen LogP contribution >= 0.6 is 0 Å². The van der Waals surface area contributed by atoms with Gasteiger partial charge in [-0.25, -0.2) is 4.79 Å². The summed E-state index contributed by atoms with van der Waals surface area (Å²) in [6.07, 6.45) is 5.60. The van der Waals surface area contributed by atoms with Crippen molar-refractivity contribution in [2.45, 2.75) is 58.0 Å². The second-order valence-corrected chi connectivity index (χ2v) is 6.89. The van der Waals surface area contributed by atoms with Crippen molar-refractivity contribution in [3.8, 4) is 0 Å². The van der Waals surface area contributed by atoms with Gasteiger partial charge in [-0.05, 0) is 39.5 Å². The van der Waals surface area contributed by atoms with Gasteiger partial charge in [0.15, 0.2) is 0 Å². The topological polar surface area (TPSA) is 108 Å². The van der Waals surface area contributed by atoms with Crippen molar-refractivity contribution in [2.75, 3.05) is 13.1 Å².